The maximum atomic E-state index is 12.7. The monoisotopic (exact) mass is 465 g/mol. The quantitative estimate of drug-likeness (QED) is 0.711. The van der Waals surface area contributed by atoms with Gasteiger partial charge in [-0.15, -0.1) is 0 Å². The molecule has 3 rings (SSSR count). The van der Waals surface area contributed by atoms with Crippen LogP contribution in [0.1, 0.15) is 18.5 Å². The number of benzene rings is 2. The Kier molecular flexibility index (Phi) is 6.87. The molecule has 1 aliphatic heterocycles. The number of carbonyl (C=O) groups is 1. The second kappa shape index (κ2) is 9.17. The summed E-state index contributed by atoms with van der Waals surface area (Å²) in [5.41, 5.74) is 1.06. The van der Waals surface area contributed by atoms with Gasteiger partial charge in [-0.3, -0.25) is 9.69 Å². The molecule has 0 radical (unpaired) electrons. The van der Waals surface area contributed by atoms with Gasteiger partial charge < -0.3 is 5.32 Å². The Morgan fingerprint density at radius 2 is 1.64 bits per heavy atom. The van der Waals surface area contributed by atoms with Crippen molar-refractivity contribution in [2.45, 2.75) is 17.9 Å². The first-order valence-electron chi connectivity index (χ1n) is 9.18. The molecule has 1 atom stereocenters. The van der Waals surface area contributed by atoms with Crippen LogP contribution in [0.25, 0.3) is 0 Å². The molecule has 150 valence electrons. The molecular weight excluding hydrogens is 442 g/mol. The van der Waals surface area contributed by atoms with Crippen LogP contribution in [0.2, 0.25) is 0 Å². The van der Waals surface area contributed by atoms with E-state index in [1.165, 1.54) is 4.31 Å². The summed E-state index contributed by atoms with van der Waals surface area (Å²) in [6.07, 6.45) is 0. The summed E-state index contributed by atoms with van der Waals surface area (Å²) in [7, 11) is -3.50. The van der Waals surface area contributed by atoms with Crippen molar-refractivity contribution in [1.82, 2.24) is 14.5 Å². The third-order valence-electron chi connectivity index (χ3n) is 4.83. The van der Waals surface area contributed by atoms with Gasteiger partial charge in [0.15, 0.2) is 0 Å². The molecule has 6 nitrogen and oxygen atoms in total. The lowest BCUT2D eigenvalue weighted by molar-refractivity contribution is -0.123. The third-order valence-corrected chi connectivity index (χ3v) is 7.27. The average Bonchev–Trinajstić information content (AvgIpc) is 2.69. The van der Waals surface area contributed by atoms with Crippen molar-refractivity contribution in [3.63, 3.8) is 0 Å². The second-order valence-corrected chi connectivity index (χ2v) is 9.69. The molecule has 1 N–H and O–H groups in total. The Hall–Kier alpha value is -1.74. The van der Waals surface area contributed by atoms with Crippen molar-refractivity contribution < 1.29 is 13.2 Å². The fourth-order valence-corrected chi connectivity index (χ4v) is 4.89. The number of sulfonamides is 1. The number of hydrogen-bond acceptors (Lipinski definition) is 4. The minimum Gasteiger partial charge on any atom is -0.348 e. The molecule has 2 aromatic carbocycles. The van der Waals surface area contributed by atoms with Crippen LogP contribution in [0.4, 0.5) is 0 Å². The van der Waals surface area contributed by atoms with Crippen LogP contribution in [0.15, 0.2) is 64.0 Å². The molecule has 2 aromatic rings. The fraction of sp³-hybridized carbons (Fsp3) is 0.350. The molecule has 1 heterocycles. The first kappa shape index (κ1) is 21.0. The van der Waals surface area contributed by atoms with E-state index in [1.54, 1.807) is 24.3 Å². The minimum atomic E-state index is -3.50. The Bertz CT molecular complexity index is 896. The van der Waals surface area contributed by atoms with Crippen LogP contribution in [0, 0.1) is 0 Å². The molecule has 8 heteroatoms. The van der Waals surface area contributed by atoms with E-state index in [0.29, 0.717) is 31.1 Å². The standard InChI is InChI=1S/C20H24BrN3O3S/c1-16(17-5-3-2-4-6-17)22-20(25)15-23-11-13-24(14-12-23)28(26,27)19-9-7-18(21)8-10-19/h2-10,16H,11-15H2,1H3,(H,22,25)/t16-/m1/s1. The zero-order chi connectivity index (χ0) is 20.1. The van der Waals surface area contributed by atoms with Gasteiger partial charge in [0, 0.05) is 30.7 Å². The van der Waals surface area contributed by atoms with Crippen LogP contribution < -0.4 is 5.32 Å². The van der Waals surface area contributed by atoms with E-state index in [2.05, 4.69) is 21.2 Å². The van der Waals surface area contributed by atoms with Crippen LogP contribution in [-0.2, 0) is 14.8 Å². The van der Waals surface area contributed by atoms with Gasteiger partial charge in [0.25, 0.3) is 0 Å². The summed E-state index contributed by atoms with van der Waals surface area (Å²) in [6, 6.07) is 16.4. The van der Waals surface area contributed by atoms with Crippen molar-refractivity contribution in [2.24, 2.45) is 0 Å². The van der Waals surface area contributed by atoms with E-state index in [1.807, 2.05) is 42.2 Å². The predicted octanol–water partition coefficient (Wildman–Crippen LogP) is 2.63. The van der Waals surface area contributed by atoms with E-state index >= 15 is 0 Å². The van der Waals surface area contributed by atoms with Gasteiger partial charge in [0.1, 0.15) is 0 Å². The molecule has 0 unspecified atom stereocenters. The van der Waals surface area contributed by atoms with E-state index < -0.39 is 10.0 Å². The number of amides is 1. The molecule has 0 saturated carbocycles. The SMILES string of the molecule is C[C@@H](NC(=O)CN1CCN(S(=O)(=O)c2ccc(Br)cc2)CC1)c1ccccc1. The second-order valence-electron chi connectivity index (χ2n) is 6.83. The fourth-order valence-electron chi connectivity index (χ4n) is 3.20. The first-order chi connectivity index (χ1) is 13.4. The van der Waals surface area contributed by atoms with Gasteiger partial charge in [0.2, 0.25) is 15.9 Å². The lowest BCUT2D eigenvalue weighted by atomic mass is 10.1. The number of carbonyl (C=O) groups excluding carboxylic acids is 1. The van der Waals surface area contributed by atoms with Crippen molar-refractivity contribution in [3.8, 4) is 0 Å². The highest BCUT2D eigenvalue weighted by Gasteiger charge is 2.29. The van der Waals surface area contributed by atoms with Gasteiger partial charge in [-0.2, -0.15) is 4.31 Å². The number of nitrogens with zero attached hydrogens (tertiary/aromatic N) is 2. The van der Waals surface area contributed by atoms with E-state index in [4.69, 9.17) is 0 Å². The van der Waals surface area contributed by atoms with Gasteiger partial charge in [-0.25, -0.2) is 8.42 Å². The maximum Gasteiger partial charge on any atom is 0.243 e. The van der Waals surface area contributed by atoms with Crippen molar-refractivity contribution >= 4 is 31.9 Å². The largest absolute Gasteiger partial charge is 0.348 e. The predicted molar refractivity (Wildman–Crippen MR) is 112 cm³/mol. The van der Waals surface area contributed by atoms with Crippen molar-refractivity contribution in [2.75, 3.05) is 32.7 Å². The van der Waals surface area contributed by atoms with E-state index in [9.17, 15) is 13.2 Å². The molecule has 0 aromatic heterocycles. The summed E-state index contributed by atoms with van der Waals surface area (Å²) in [6.45, 7) is 4.03. The van der Waals surface area contributed by atoms with Crippen molar-refractivity contribution in [3.05, 3.63) is 64.6 Å². The number of hydrogen-bond donors (Lipinski definition) is 1. The highest BCUT2D eigenvalue weighted by atomic mass is 79.9. The summed E-state index contributed by atoms with van der Waals surface area (Å²) in [5, 5.41) is 3.00. The van der Waals surface area contributed by atoms with Crippen LogP contribution in [0.3, 0.4) is 0 Å². The molecule has 1 fully saturated rings. The Balaban J connectivity index is 1.51. The summed E-state index contributed by atoms with van der Waals surface area (Å²) in [4.78, 5) is 14.6. The zero-order valence-corrected chi connectivity index (χ0v) is 18.1. The Morgan fingerprint density at radius 1 is 1.04 bits per heavy atom. The number of rotatable bonds is 6. The van der Waals surface area contributed by atoms with Gasteiger partial charge >= 0.3 is 0 Å². The molecule has 0 bridgehead atoms. The Morgan fingerprint density at radius 3 is 2.25 bits per heavy atom. The molecule has 28 heavy (non-hydrogen) atoms. The highest BCUT2D eigenvalue weighted by Crippen LogP contribution is 2.20. The van der Waals surface area contributed by atoms with Gasteiger partial charge in [-0.05, 0) is 36.8 Å². The van der Waals surface area contributed by atoms with E-state index in [-0.39, 0.29) is 18.5 Å². The molecular formula is C20H24BrN3O3S. The number of nitrogens with one attached hydrogen (secondary N) is 1. The highest BCUT2D eigenvalue weighted by molar-refractivity contribution is 9.10. The third kappa shape index (κ3) is 5.20. The van der Waals surface area contributed by atoms with Crippen LogP contribution in [-0.4, -0.2) is 56.3 Å². The molecule has 1 aliphatic rings. The normalized spacial score (nSPS) is 17.2. The molecule has 1 amide bonds. The molecule has 0 spiro atoms. The lowest BCUT2D eigenvalue weighted by Gasteiger charge is -2.33. The van der Waals surface area contributed by atoms with Crippen LogP contribution in [0.5, 0.6) is 0 Å². The van der Waals surface area contributed by atoms with Crippen LogP contribution >= 0.6 is 15.9 Å². The topological polar surface area (TPSA) is 69.7 Å². The summed E-state index contributed by atoms with van der Waals surface area (Å²) >= 11 is 3.32. The first-order valence-corrected chi connectivity index (χ1v) is 11.4. The minimum absolute atomic E-state index is 0.0550. The Labute approximate surface area is 174 Å². The lowest BCUT2D eigenvalue weighted by Crippen LogP contribution is -2.51. The zero-order valence-electron chi connectivity index (χ0n) is 15.7. The number of halogens is 1. The number of piperazine rings is 1. The van der Waals surface area contributed by atoms with Gasteiger partial charge in [0.05, 0.1) is 17.5 Å². The summed E-state index contributed by atoms with van der Waals surface area (Å²) in [5.74, 6) is -0.0550. The smallest absolute Gasteiger partial charge is 0.243 e. The van der Waals surface area contributed by atoms with E-state index in [0.717, 1.165) is 10.0 Å². The molecule has 1 saturated heterocycles. The maximum absolute atomic E-state index is 12.7. The van der Waals surface area contributed by atoms with Gasteiger partial charge in [-0.1, -0.05) is 46.3 Å². The molecule has 0 aliphatic carbocycles. The average molecular weight is 466 g/mol. The summed E-state index contributed by atoms with van der Waals surface area (Å²) < 4.78 is 27.8. The van der Waals surface area contributed by atoms with Crippen molar-refractivity contribution in [1.29, 1.82) is 0 Å².